The highest BCUT2D eigenvalue weighted by molar-refractivity contribution is 5.76. The number of aliphatic hydroxyl groups excluding tert-OH is 2. The Hall–Kier alpha value is -1.92. The van der Waals surface area contributed by atoms with Crippen molar-refractivity contribution < 1.29 is 24.5 Å². The molecule has 0 radical (unpaired) electrons. The summed E-state index contributed by atoms with van der Waals surface area (Å²) in [4.78, 5) is 24.5. The Morgan fingerprint density at radius 2 is 0.746 bits per heavy atom. The van der Waals surface area contributed by atoms with E-state index in [0.29, 0.717) is 25.9 Å². The first-order valence-electron chi connectivity index (χ1n) is 29.7. The van der Waals surface area contributed by atoms with E-state index in [1.165, 1.54) is 231 Å². The van der Waals surface area contributed by atoms with Crippen LogP contribution in [0, 0.1) is 0 Å². The van der Waals surface area contributed by atoms with E-state index in [2.05, 4.69) is 55.6 Å². The molecular weight excluding hydrogens is 827 g/mol. The third kappa shape index (κ3) is 53.3. The predicted molar refractivity (Wildman–Crippen MR) is 292 cm³/mol. The molecule has 0 bridgehead atoms. The van der Waals surface area contributed by atoms with Crippen LogP contribution < -0.4 is 5.32 Å². The standard InChI is InChI=1S/C61H115NO5/c1-3-5-7-9-11-13-15-16-17-18-22-26-29-32-35-39-43-47-51-55-61(66)67-56-52-48-44-40-36-33-30-27-24-21-19-20-23-25-28-31-34-38-42-46-50-54-60(65)62-58(57-63)59(64)53-49-45-41-37-14-12-10-8-6-4-2/h16-17,33,36,44,48,58-59,63-64H,3-15,18-32,34-35,37-43,45-47,49-57H2,1-2H3,(H,62,65)/b17-16-,36-33-,48-44-. The number of allylic oxidation sites excluding steroid dienone is 5. The maximum atomic E-state index is 12.4. The largest absolute Gasteiger partial charge is 0.465 e. The Balaban J connectivity index is 3.42. The summed E-state index contributed by atoms with van der Waals surface area (Å²) in [6.45, 7) is 4.83. The lowest BCUT2D eigenvalue weighted by atomic mass is 10.0. The van der Waals surface area contributed by atoms with Crippen molar-refractivity contribution in [3.05, 3.63) is 36.5 Å². The van der Waals surface area contributed by atoms with Crippen LogP contribution in [0.25, 0.3) is 0 Å². The van der Waals surface area contributed by atoms with Gasteiger partial charge >= 0.3 is 5.97 Å². The Morgan fingerprint density at radius 1 is 0.418 bits per heavy atom. The molecule has 6 nitrogen and oxygen atoms in total. The van der Waals surface area contributed by atoms with Crippen molar-refractivity contribution in [1.29, 1.82) is 0 Å². The molecule has 0 saturated heterocycles. The smallest absolute Gasteiger partial charge is 0.305 e. The Kier molecular flexibility index (Phi) is 55.0. The molecule has 0 spiro atoms. The van der Waals surface area contributed by atoms with Crippen LogP contribution in [0.1, 0.15) is 316 Å². The molecule has 0 aromatic heterocycles. The summed E-state index contributed by atoms with van der Waals surface area (Å²) in [6.07, 6.45) is 70.2. The highest BCUT2D eigenvalue weighted by Gasteiger charge is 2.20. The zero-order valence-electron chi connectivity index (χ0n) is 44.9. The van der Waals surface area contributed by atoms with Gasteiger partial charge in [0.25, 0.3) is 0 Å². The Bertz CT molecular complexity index is 1090. The van der Waals surface area contributed by atoms with Crippen LogP contribution in [0.3, 0.4) is 0 Å². The zero-order chi connectivity index (χ0) is 48.6. The van der Waals surface area contributed by atoms with Crippen molar-refractivity contribution in [2.75, 3.05) is 13.2 Å². The molecule has 6 heteroatoms. The van der Waals surface area contributed by atoms with E-state index >= 15 is 0 Å². The summed E-state index contributed by atoms with van der Waals surface area (Å²) in [5.41, 5.74) is 0. The SMILES string of the molecule is CCCCCCCC/C=C\CCCCCCCCCCCC(=O)OCC/C=C\C/C=C\CCCCCCCCCCCCCCCCC(=O)NC(CO)C(O)CCCCCCCCCCCC. The number of aliphatic hydroxyl groups is 2. The van der Waals surface area contributed by atoms with Crippen LogP contribution in [-0.4, -0.2) is 47.4 Å². The molecule has 2 atom stereocenters. The van der Waals surface area contributed by atoms with Crippen LogP contribution in [0.4, 0.5) is 0 Å². The van der Waals surface area contributed by atoms with Gasteiger partial charge in [0.1, 0.15) is 0 Å². The lowest BCUT2D eigenvalue weighted by Gasteiger charge is -2.22. The molecule has 2 unspecified atom stereocenters. The fourth-order valence-electron chi connectivity index (χ4n) is 9.12. The van der Waals surface area contributed by atoms with Gasteiger partial charge < -0.3 is 20.3 Å². The van der Waals surface area contributed by atoms with Crippen LogP contribution in [0.15, 0.2) is 36.5 Å². The average molecular weight is 943 g/mol. The number of carbonyl (C=O) groups excluding carboxylic acids is 2. The Labute approximate surface area is 417 Å². The highest BCUT2D eigenvalue weighted by atomic mass is 16.5. The van der Waals surface area contributed by atoms with Crippen LogP contribution in [0.2, 0.25) is 0 Å². The molecule has 0 heterocycles. The quantitative estimate of drug-likeness (QED) is 0.0321. The summed E-state index contributed by atoms with van der Waals surface area (Å²) >= 11 is 0. The highest BCUT2D eigenvalue weighted by Crippen LogP contribution is 2.17. The second-order valence-corrected chi connectivity index (χ2v) is 20.3. The van der Waals surface area contributed by atoms with Gasteiger partial charge in [-0.15, -0.1) is 0 Å². The molecule has 0 aromatic rings. The van der Waals surface area contributed by atoms with Gasteiger partial charge in [0.15, 0.2) is 0 Å². The maximum absolute atomic E-state index is 12.4. The van der Waals surface area contributed by atoms with Gasteiger partial charge in [-0.25, -0.2) is 0 Å². The van der Waals surface area contributed by atoms with Crippen LogP contribution in [0.5, 0.6) is 0 Å². The number of esters is 1. The fourth-order valence-corrected chi connectivity index (χ4v) is 9.12. The average Bonchev–Trinajstić information content (AvgIpc) is 3.33. The number of carbonyl (C=O) groups is 2. The minimum Gasteiger partial charge on any atom is -0.465 e. The number of rotatable bonds is 55. The monoisotopic (exact) mass is 942 g/mol. The fraction of sp³-hybridized carbons (Fsp3) is 0.869. The van der Waals surface area contributed by atoms with E-state index in [4.69, 9.17) is 4.74 Å². The van der Waals surface area contributed by atoms with Crippen LogP contribution in [-0.2, 0) is 14.3 Å². The van der Waals surface area contributed by atoms with Crippen molar-refractivity contribution in [3.8, 4) is 0 Å². The molecule has 0 saturated carbocycles. The Morgan fingerprint density at radius 3 is 1.15 bits per heavy atom. The summed E-state index contributed by atoms with van der Waals surface area (Å²) in [5, 5.41) is 23.1. The van der Waals surface area contributed by atoms with Crippen molar-refractivity contribution in [1.82, 2.24) is 5.32 Å². The van der Waals surface area contributed by atoms with E-state index in [9.17, 15) is 19.8 Å². The molecule has 3 N–H and O–H groups in total. The topological polar surface area (TPSA) is 95.9 Å². The zero-order valence-corrected chi connectivity index (χ0v) is 44.9. The van der Waals surface area contributed by atoms with Crippen molar-refractivity contribution in [2.24, 2.45) is 0 Å². The van der Waals surface area contributed by atoms with Gasteiger partial charge in [0.05, 0.1) is 25.4 Å². The third-order valence-electron chi connectivity index (χ3n) is 13.7. The maximum Gasteiger partial charge on any atom is 0.305 e. The number of ether oxygens (including phenoxy) is 1. The summed E-state index contributed by atoms with van der Waals surface area (Å²) < 4.78 is 5.43. The molecule has 67 heavy (non-hydrogen) atoms. The molecule has 1 amide bonds. The molecule has 0 aromatic carbocycles. The second kappa shape index (κ2) is 56.7. The molecule has 0 aliphatic carbocycles. The van der Waals surface area contributed by atoms with Gasteiger partial charge in [-0.2, -0.15) is 0 Å². The molecule has 0 aliphatic heterocycles. The summed E-state index contributed by atoms with van der Waals surface area (Å²) in [5.74, 6) is -0.0771. The van der Waals surface area contributed by atoms with E-state index in [-0.39, 0.29) is 18.5 Å². The molecule has 394 valence electrons. The van der Waals surface area contributed by atoms with Gasteiger partial charge in [-0.3, -0.25) is 9.59 Å². The van der Waals surface area contributed by atoms with E-state index in [1.807, 2.05) is 0 Å². The van der Waals surface area contributed by atoms with Crippen LogP contribution >= 0.6 is 0 Å². The molecule has 0 rings (SSSR count). The number of nitrogens with one attached hydrogen (secondary N) is 1. The lowest BCUT2D eigenvalue weighted by molar-refractivity contribution is -0.143. The molecular formula is C61H115NO5. The van der Waals surface area contributed by atoms with E-state index in [0.717, 1.165) is 51.4 Å². The second-order valence-electron chi connectivity index (χ2n) is 20.3. The number of hydrogen-bond donors (Lipinski definition) is 3. The summed E-state index contributed by atoms with van der Waals surface area (Å²) in [7, 11) is 0. The van der Waals surface area contributed by atoms with Crippen molar-refractivity contribution in [3.63, 3.8) is 0 Å². The number of amides is 1. The minimum atomic E-state index is -0.666. The first kappa shape index (κ1) is 65.1. The van der Waals surface area contributed by atoms with Gasteiger partial charge in [0, 0.05) is 12.8 Å². The lowest BCUT2D eigenvalue weighted by Crippen LogP contribution is -2.45. The van der Waals surface area contributed by atoms with Gasteiger partial charge in [-0.1, -0.05) is 269 Å². The molecule has 0 fully saturated rings. The van der Waals surface area contributed by atoms with Gasteiger partial charge in [-0.05, 0) is 70.6 Å². The van der Waals surface area contributed by atoms with Crippen molar-refractivity contribution in [2.45, 2.75) is 328 Å². The third-order valence-corrected chi connectivity index (χ3v) is 13.7. The first-order chi connectivity index (χ1) is 33.0. The van der Waals surface area contributed by atoms with Gasteiger partial charge in [0.2, 0.25) is 5.91 Å². The van der Waals surface area contributed by atoms with E-state index in [1.54, 1.807) is 0 Å². The molecule has 0 aliphatic rings. The first-order valence-corrected chi connectivity index (χ1v) is 29.7. The normalized spacial score (nSPS) is 12.8. The minimum absolute atomic E-state index is 0.0358. The summed E-state index contributed by atoms with van der Waals surface area (Å²) in [6, 6.07) is -0.544. The van der Waals surface area contributed by atoms with E-state index < -0.39 is 12.1 Å². The number of unbranched alkanes of at least 4 members (excludes halogenated alkanes) is 38. The predicted octanol–water partition coefficient (Wildman–Crippen LogP) is 18.4. The number of hydrogen-bond acceptors (Lipinski definition) is 5. The van der Waals surface area contributed by atoms with Crippen molar-refractivity contribution >= 4 is 11.9 Å².